The molecule has 2 atom stereocenters. The lowest BCUT2D eigenvalue weighted by molar-refractivity contribution is -0.144. The summed E-state index contributed by atoms with van der Waals surface area (Å²) in [5.74, 6) is -4.45. The minimum absolute atomic E-state index is 0.0374. The number of aromatic carboxylic acids is 1. The number of pyridine rings is 2. The van der Waals surface area contributed by atoms with Crippen LogP contribution in [0.2, 0.25) is 0 Å². The van der Waals surface area contributed by atoms with Crippen LogP contribution in [0.3, 0.4) is 0 Å². The first kappa shape index (κ1) is 28.5. The molecule has 2 aromatic heterocycles. The van der Waals surface area contributed by atoms with Gasteiger partial charge >= 0.3 is 17.9 Å². The predicted octanol–water partition coefficient (Wildman–Crippen LogP) is 0.229. The normalized spacial score (nSPS) is 20.7. The summed E-state index contributed by atoms with van der Waals surface area (Å²) in [6.45, 7) is 2.90. The zero-order valence-corrected chi connectivity index (χ0v) is 20.8. The molecular formula is C23H29FN6O8. The Morgan fingerprint density at radius 2 is 1.97 bits per heavy atom. The van der Waals surface area contributed by atoms with E-state index in [0.29, 0.717) is 18.8 Å². The monoisotopic (exact) mass is 536 g/mol. The number of carboxylic acids is 3. The number of oxime groups is 1. The van der Waals surface area contributed by atoms with Crippen molar-refractivity contribution in [3.8, 4) is 0 Å². The molecule has 3 heterocycles. The van der Waals surface area contributed by atoms with Crippen LogP contribution in [0, 0.1) is 11.2 Å². The van der Waals surface area contributed by atoms with Crippen LogP contribution < -0.4 is 21.8 Å². The number of anilines is 1. The van der Waals surface area contributed by atoms with Gasteiger partial charge in [0, 0.05) is 30.7 Å². The molecule has 2 aromatic rings. The summed E-state index contributed by atoms with van der Waals surface area (Å²) in [5.41, 5.74) is 10.1. The Bertz CT molecular complexity index is 1360. The summed E-state index contributed by atoms with van der Waals surface area (Å²) in [5, 5.41) is 29.4. The van der Waals surface area contributed by atoms with Crippen LogP contribution in [-0.2, 0) is 14.4 Å². The number of nitrogens with zero attached hydrogens (tertiary/aromatic N) is 4. The van der Waals surface area contributed by atoms with Gasteiger partial charge in [-0.3, -0.25) is 14.4 Å². The number of carboxylic acid groups (broad SMARTS) is 3. The van der Waals surface area contributed by atoms with Crippen molar-refractivity contribution < 1.29 is 38.9 Å². The summed E-state index contributed by atoms with van der Waals surface area (Å²) in [7, 11) is 1.44. The van der Waals surface area contributed by atoms with Crippen molar-refractivity contribution in [3.63, 3.8) is 0 Å². The molecule has 14 nitrogen and oxygen atoms in total. The van der Waals surface area contributed by atoms with Gasteiger partial charge in [0.15, 0.2) is 11.6 Å². The third-order valence-corrected chi connectivity index (χ3v) is 6.35. The molecule has 1 saturated heterocycles. The highest BCUT2D eigenvalue weighted by molar-refractivity contribution is 5.97. The summed E-state index contributed by atoms with van der Waals surface area (Å²) >= 11 is 0. The first-order valence-corrected chi connectivity index (χ1v) is 11.6. The molecule has 2 fully saturated rings. The number of aliphatic carboxylic acids is 2. The van der Waals surface area contributed by atoms with E-state index >= 15 is 0 Å². The van der Waals surface area contributed by atoms with Crippen molar-refractivity contribution in [3.05, 3.63) is 33.9 Å². The quantitative estimate of drug-likeness (QED) is 0.286. The molecule has 4 rings (SSSR count). The maximum absolute atomic E-state index is 15.0. The van der Waals surface area contributed by atoms with Crippen LogP contribution in [0.4, 0.5) is 10.2 Å². The predicted molar refractivity (Wildman–Crippen MR) is 133 cm³/mol. The first-order valence-electron chi connectivity index (χ1n) is 11.6. The van der Waals surface area contributed by atoms with E-state index in [0.717, 1.165) is 18.9 Å². The molecule has 38 heavy (non-hydrogen) atoms. The molecular weight excluding hydrogens is 507 g/mol. The van der Waals surface area contributed by atoms with Crippen molar-refractivity contribution in [2.24, 2.45) is 22.0 Å². The Morgan fingerprint density at radius 1 is 1.32 bits per heavy atom. The minimum atomic E-state index is -1.34. The second-order valence-corrected chi connectivity index (χ2v) is 9.36. The van der Waals surface area contributed by atoms with E-state index in [9.17, 15) is 28.7 Å². The third-order valence-electron chi connectivity index (χ3n) is 6.35. The Labute approximate surface area is 215 Å². The molecule has 1 unspecified atom stereocenters. The van der Waals surface area contributed by atoms with Gasteiger partial charge in [-0.1, -0.05) is 12.1 Å². The number of carbonyl (C=O) groups is 3. The summed E-state index contributed by atoms with van der Waals surface area (Å²) in [6, 6.07) is -0.153. The van der Waals surface area contributed by atoms with E-state index in [1.165, 1.54) is 13.3 Å². The second kappa shape index (κ2) is 11.1. The number of fused-ring (bicyclic) bond motifs is 1. The average molecular weight is 537 g/mol. The number of hydrogen-bond donors (Lipinski definition) is 5. The zero-order valence-electron chi connectivity index (χ0n) is 20.8. The molecule has 206 valence electrons. The largest absolute Gasteiger partial charge is 0.481 e. The molecule has 15 heteroatoms. The van der Waals surface area contributed by atoms with Gasteiger partial charge in [-0.25, -0.2) is 14.2 Å². The van der Waals surface area contributed by atoms with Gasteiger partial charge in [-0.2, -0.15) is 0 Å². The SMILES string of the molecule is CO/N=C1/CN(c2nc3c(cc2F)c(=O)c(C(=O)O)cn3C2CC2)CC1(C)CN.N[C@@H](CC(=O)O)C(=O)O. The number of nitrogens with two attached hydrogens (primary N) is 2. The maximum Gasteiger partial charge on any atom is 0.341 e. The topological polar surface area (TPSA) is 224 Å². The minimum Gasteiger partial charge on any atom is -0.481 e. The third kappa shape index (κ3) is 5.89. The lowest BCUT2D eigenvalue weighted by Crippen LogP contribution is -2.36. The van der Waals surface area contributed by atoms with E-state index in [1.807, 2.05) is 6.92 Å². The van der Waals surface area contributed by atoms with Crippen molar-refractivity contribution in [2.45, 2.75) is 38.3 Å². The molecule has 0 bridgehead atoms. The number of halogens is 1. The number of aromatic nitrogens is 2. The smallest absolute Gasteiger partial charge is 0.341 e. The van der Waals surface area contributed by atoms with Crippen LogP contribution in [0.25, 0.3) is 11.0 Å². The zero-order chi connectivity index (χ0) is 28.4. The fourth-order valence-corrected chi connectivity index (χ4v) is 4.04. The van der Waals surface area contributed by atoms with Gasteiger partial charge in [-0.15, -0.1) is 0 Å². The number of rotatable bonds is 8. The molecule has 1 aliphatic heterocycles. The standard InChI is InChI=1S/C19H22FN5O4.C4H7NO4/c1-19(8-21)9-24(7-14(19)23-29-2)17-13(20)5-11-15(26)12(18(27)28)6-25(10-3-4-10)16(11)22-17;5-2(4(8)9)1-3(6)7/h5-6,10H,3-4,7-9,21H2,1-2H3,(H,27,28);2H,1,5H2,(H,6,7)(H,8,9)/b23-14-;/t;2-/m.0/s1. The summed E-state index contributed by atoms with van der Waals surface area (Å²) in [4.78, 5) is 54.7. The number of hydrogen-bond acceptors (Lipinski definition) is 10. The van der Waals surface area contributed by atoms with Crippen LogP contribution in [0.15, 0.2) is 22.2 Å². The molecule has 0 aromatic carbocycles. The van der Waals surface area contributed by atoms with Gasteiger partial charge in [-0.05, 0) is 18.9 Å². The molecule has 0 radical (unpaired) electrons. The highest BCUT2D eigenvalue weighted by Gasteiger charge is 2.41. The van der Waals surface area contributed by atoms with Crippen molar-refractivity contribution in [1.29, 1.82) is 0 Å². The van der Waals surface area contributed by atoms with E-state index in [2.05, 4.69) is 10.1 Å². The van der Waals surface area contributed by atoms with Crippen LogP contribution in [-0.4, -0.2) is 81.3 Å². The molecule has 1 saturated carbocycles. The van der Waals surface area contributed by atoms with E-state index in [1.54, 1.807) is 9.47 Å². The van der Waals surface area contributed by atoms with Crippen molar-refractivity contribution >= 4 is 40.5 Å². The van der Waals surface area contributed by atoms with Gasteiger partial charge in [0.2, 0.25) is 5.43 Å². The van der Waals surface area contributed by atoms with E-state index < -0.39 is 47.0 Å². The highest BCUT2D eigenvalue weighted by Crippen LogP contribution is 2.38. The average Bonchev–Trinajstić information content (AvgIpc) is 3.63. The maximum atomic E-state index is 15.0. The fraction of sp³-hybridized carbons (Fsp3) is 0.478. The van der Waals surface area contributed by atoms with Crippen LogP contribution in [0.5, 0.6) is 0 Å². The first-order chi connectivity index (χ1) is 17.8. The highest BCUT2D eigenvalue weighted by atomic mass is 19.1. The molecule has 1 aliphatic carbocycles. The van der Waals surface area contributed by atoms with E-state index in [-0.39, 0.29) is 35.0 Å². The lowest BCUT2D eigenvalue weighted by Gasteiger charge is -2.23. The fourth-order valence-electron chi connectivity index (χ4n) is 4.04. The lowest BCUT2D eigenvalue weighted by atomic mass is 9.88. The molecule has 7 N–H and O–H groups in total. The van der Waals surface area contributed by atoms with Gasteiger partial charge in [0.25, 0.3) is 0 Å². The van der Waals surface area contributed by atoms with Crippen molar-refractivity contribution in [1.82, 2.24) is 9.55 Å². The summed E-state index contributed by atoms with van der Waals surface area (Å²) in [6.07, 6.45) is 2.48. The van der Waals surface area contributed by atoms with E-state index in [4.69, 9.17) is 26.5 Å². The molecule has 0 amide bonds. The Hall–Kier alpha value is -4.11. The van der Waals surface area contributed by atoms with Crippen LogP contribution in [0.1, 0.15) is 42.6 Å². The van der Waals surface area contributed by atoms with Gasteiger partial charge < -0.3 is 41.1 Å². The molecule has 0 spiro atoms. The summed E-state index contributed by atoms with van der Waals surface area (Å²) < 4.78 is 16.7. The Balaban J connectivity index is 0.000000383. The Kier molecular flexibility index (Phi) is 8.31. The second-order valence-electron chi connectivity index (χ2n) is 9.36. The van der Waals surface area contributed by atoms with Crippen molar-refractivity contribution in [2.75, 3.05) is 31.6 Å². The van der Waals surface area contributed by atoms with Gasteiger partial charge in [0.05, 0.1) is 24.1 Å². The van der Waals surface area contributed by atoms with Gasteiger partial charge in [0.1, 0.15) is 24.4 Å². The van der Waals surface area contributed by atoms with Crippen LogP contribution >= 0.6 is 0 Å². The Morgan fingerprint density at radius 3 is 2.45 bits per heavy atom. The molecule has 2 aliphatic rings.